The van der Waals surface area contributed by atoms with Crippen molar-refractivity contribution in [1.82, 2.24) is 19.5 Å². The molecule has 0 bridgehead atoms. The fourth-order valence-electron chi connectivity index (χ4n) is 5.20. The molecule has 0 unspecified atom stereocenters. The summed E-state index contributed by atoms with van der Waals surface area (Å²) in [5.74, 6) is 2.58. The number of nitrogens with zero attached hydrogens (tertiary/aromatic N) is 4. The van der Waals surface area contributed by atoms with Crippen molar-refractivity contribution in [2.75, 3.05) is 12.3 Å². The summed E-state index contributed by atoms with van der Waals surface area (Å²) in [5, 5.41) is 10.9. The average Bonchev–Trinajstić information content (AvgIpc) is 3.37. The van der Waals surface area contributed by atoms with E-state index in [0.717, 1.165) is 16.7 Å². The van der Waals surface area contributed by atoms with Gasteiger partial charge in [-0.1, -0.05) is 25.8 Å². The summed E-state index contributed by atoms with van der Waals surface area (Å²) in [6.45, 7) is 10.2. The van der Waals surface area contributed by atoms with Crippen LogP contribution in [0.2, 0.25) is 0 Å². The minimum atomic E-state index is -1.57. The second-order valence-corrected chi connectivity index (χ2v) is 10.6. The number of aliphatic hydroxyl groups is 1. The van der Waals surface area contributed by atoms with E-state index >= 15 is 0 Å². The SMILES string of the molecule is C#C[C@]1(COC(=O)CC(C)(C)c2c(C)cc(C)cc2OC(C)=O)O[C@@H](n2cnc3c(N)nc(C)nc32)C[C@@H]1O. The lowest BCUT2D eigenvalue weighted by Crippen LogP contribution is -2.43. The van der Waals surface area contributed by atoms with E-state index in [0.29, 0.717) is 22.7 Å². The van der Waals surface area contributed by atoms with E-state index in [2.05, 4.69) is 20.9 Å². The third kappa shape index (κ3) is 5.44. The normalized spacial score (nSPS) is 21.1. The zero-order chi connectivity index (χ0) is 28.7. The third-order valence-electron chi connectivity index (χ3n) is 6.83. The van der Waals surface area contributed by atoms with E-state index in [-0.39, 0.29) is 25.3 Å². The van der Waals surface area contributed by atoms with Gasteiger partial charge in [0.05, 0.1) is 12.7 Å². The van der Waals surface area contributed by atoms with Crippen molar-refractivity contribution in [2.24, 2.45) is 0 Å². The second-order valence-electron chi connectivity index (χ2n) is 10.6. The first-order valence-corrected chi connectivity index (χ1v) is 12.5. The molecule has 0 saturated carbocycles. The number of esters is 2. The Morgan fingerprint density at radius 3 is 2.69 bits per heavy atom. The number of aromatic nitrogens is 4. The Labute approximate surface area is 226 Å². The topological polar surface area (TPSA) is 152 Å². The molecule has 3 N–H and O–H groups in total. The van der Waals surface area contributed by atoms with Gasteiger partial charge in [-0.05, 0) is 38.0 Å². The van der Waals surface area contributed by atoms with Gasteiger partial charge in [-0.25, -0.2) is 15.0 Å². The van der Waals surface area contributed by atoms with E-state index in [9.17, 15) is 14.7 Å². The average molecular weight is 536 g/mol. The molecule has 4 rings (SSSR count). The number of aliphatic hydroxyl groups excluding tert-OH is 1. The van der Waals surface area contributed by atoms with E-state index in [1.54, 1.807) is 17.6 Å². The second kappa shape index (κ2) is 10.3. The van der Waals surface area contributed by atoms with Crippen LogP contribution in [0, 0.1) is 33.1 Å². The van der Waals surface area contributed by atoms with Crippen LogP contribution in [0.4, 0.5) is 5.82 Å². The number of hydrogen-bond donors (Lipinski definition) is 2. The number of ether oxygens (including phenoxy) is 3. The number of hydrogen-bond acceptors (Lipinski definition) is 10. The number of imidazole rings is 1. The van der Waals surface area contributed by atoms with Gasteiger partial charge in [-0.2, -0.15) is 0 Å². The van der Waals surface area contributed by atoms with Crippen molar-refractivity contribution in [3.8, 4) is 18.1 Å². The quantitative estimate of drug-likeness (QED) is 0.262. The molecule has 0 amide bonds. The molecule has 2 aromatic heterocycles. The molecule has 0 radical (unpaired) electrons. The van der Waals surface area contributed by atoms with Crippen molar-refractivity contribution in [1.29, 1.82) is 0 Å². The molecule has 3 aromatic rings. The Morgan fingerprint density at radius 1 is 1.31 bits per heavy atom. The Kier molecular flexibility index (Phi) is 7.38. The van der Waals surface area contributed by atoms with Crippen LogP contribution in [-0.4, -0.2) is 54.9 Å². The summed E-state index contributed by atoms with van der Waals surface area (Å²) < 4.78 is 18.8. The van der Waals surface area contributed by atoms with Gasteiger partial charge in [0.1, 0.15) is 36.0 Å². The molecular formula is C28H33N5O6. The molecule has 3 heterocycles. The summed E-state index contributed by atoms with van der Waals surface area (Å²) >= 11 is 0. The fraction of sp³-hybridized carbons (Fsp3) is 0.464. The zero-order valence-electron chi connectivity index (χ0n) is 22.9. The molecular weight excluding hydrogens is 502 g/mol. The maximum absolute atomic E-state index is 13.0. The molecule has 11 nitrogen and oxygen atoms in total. The highest BCUT2D eigenvalue weighted by Gasteiger charge is 2.49. The van der Waals surface area contributed by atoms with Crippen molar-refractivity contribution in [3.05, 3.63) is 41.0 Å². The number of fused-ring (bicyclic) bond motifs is 1. The molecule has 39 heavy (non-hydrogen) atoms. The van der Waals surface area contributed by atoms with Gasteiger partial charge in [0, 0.05) is 24.3 Å². The number of aryl methyl sites for hydroxylation is 3. The van der Waals surface area contributed by atoms with Crippen LogP contribution in [-0.2, 0) is 24.5 Å². The first-order chi connectivity index (χ1) is 18.3. The molecule has 3 atom stereocenters. The lowest BCUT2D eigenvalue weighted by atomic mass is 9.78. The molecule has 1 saturated heterocycles. The highest BCUT2D eigenvalue weighted by molar-refractivity contribution is 5.81. The minimum absolute atomic E-state index is 0.0347. The van der Waals surface area contributed by atoms with E-state index in [4.69, 9.17) is 26.4 Å². The number of terminal acetylenes is 1. The van der Waals surface area contributed by atoms with Crippen molar-refractivity contribution < 1.29 is 28.9 Å². The van der Waals surface area contributed by atoms with E-state index in [1.165, 1.54) is 13.3 Å². The molecule has 1 aliphatic heterocycles. The van der Waals surface area contributed by atoms with E-state index in [1.807, 2.05) is 33.8 Å². The maximum atomic E-state index is 13.0. The van der Waals surface area contributed by atoms with Gasteiger partial charge in [-0.15, -0.1) is 6.42 Å². The van der Waals surface area contributed by atoms with Gasteiger partial charge in [0.15, 0.2) is 17.1 Å². The predicted octanol–water partition coefficient (Wildman–Crippen LogP) is 2.82. The first kappa shape index (κ1) is 28.0. The summed E-state index contributed by atoms with van der Waals surface area (Å²) in [6, 6.07) is 3.73. The van der Waals surface area contributed by atoms with Crippen LogP contribution in [0.15, 0.2) is 18.5 Å². The van der Waals surface area contributed by atoms with Crippen LogP contribution >= 0.6 is 0 Å². The highest BCUT2D eigenvalue weighted by Crippen LogP contribution is 2.40. The summed E-state index contributed by atoms with van der Waals surface area (Å²) in [4.78, 5) is 37.5. The molecule has 11 heteroatoms. The molecule has 1 aromatic carbocycles. The van der Waals surface area contributed by atoms with Gasteiger partial charge in [0.2, 0.25) is 0 Å². The number of nitrogen functional groups attached to an aromatic ring is 1. The maximum Gasteiger partial charge on any atom is 0.308 e. The van der Waals surface area contributed by atoms with E-state index < -0.39 is 35.3 Å². The van der Waals surface area contributed by atoms with Crippen LogP contribution in [0.25, 0.3) is 11.2 Å². The molecule has 1 fully saturated rings. The number of anilines is 1. The van der Waals surface area contributed by atoms with Gasteiger partial charge in [-0.3, -0.25) is 14.2 Å². The van der Waals surface area contributed by atoms with Crippen molar-refractivity contribution in [3.63, 3.8) is 0 Å². The number of nitrogens with two attached hydrogens (primary N) is 1. The molecule has 1 aliphatic rings. The van der Waals surface area contributed by atoms with Crippen LogP contribution in [0.5, 0.6) is 5.75 Å². The number of rotatable bonds is 7. The minimum Gasteiger partial charge on any atom is -0.461 e. The lowest BCUT2D eigenvalue weighted by molar-refractivity contribution is -0.157. The van der Waals surface area contributed by atoms with Crippen LogP contribution < -0.4 is 10.5 Å². The Morgan fingerprint density at radius 2 is 2.03 bits per heavy atom. The molecule has 0 aliphatic carbocycles. The standard InChI is InChI=1S/C28H33N5O6/c1-8-28(20(35)11-21(39-28)33-14-30-24-25(29)31-17(4)32-26(24)33)13-37-22(36)12-27(6,7)23-16(3)9-15(2)10-19(23)38-18(5)34/h1,9-10,14,20-21,35H,11-13H2,2-7H3,(H2,29,31,32)/t20-,21+,28+/m0/s1. The van der Waals surface area contributed by atoms with Crippen molar-refractivity contribution in [2.45, 2.75) is 77.7 Å². The highest BCUT2D eigenvalue weighted by atomic mass is 16.6. The molecule has 206 valence electrons. The van der Waals surface area contributed by atoms with Crippen LogP contribution in [0.1, 0.15) is 62.4 Å². The fourth-order valence-corrected chi connectivity index (χ4v) is 5.20. The zero-order valence-corrected chi connectivity index (χ0v) is 22.9. The van der Waals surface area contributed by atoms with Gasteiger partial charge < -0.3 is 25.1 Å². The van der Waals surface area contributed by atoms with Crippen LogP contribution in [0.3, 0.4) is 0 Å². The predicted molar refractivity (Wildman–Crippen MR) is 143 cm³/mol. The number of carbonyl (C=O) groups is 2. The summed E-state index contributed by atoms with van der Waals surface area (Å²) in [6.07, 6.45) is 5.54. The third-order valence-corrected chi connectivity index (χ3v) is 6.83. The Hall–Kier alpha value is -4.01. The monoisotopic (exact) mass is 535 g/mol. The van der Waals surface area contributed by atoms with Gasteiger partial charge in [0.25, 0.3) is 0 Å². The number of benzene rings is 1. The van der Waals surface area contributed by atoms with Gasteiger partial charge >= 0.3 is 11.9 Å². The summed E-state index contributed by atoms with van der Waals surface area (Å²) in [5.41, 5.74) is 7.05. The Balaban J connectivity index is 1.50. The van der Waals surface area contributed by atoms with Crippen molar-refractivity contribution >= 4 is 28.9 Å². The first-order valence-electron chi connectivity index (χ1n) is 12.5. The smallest absolute Gasteiger partial charge is 0.308 e. The molecule has 0 spiro atoms. The summed E-state index contributed by atoms with van der Waals surface area (Å²) in [7, 11) is 0. The lowest BCUT2D eigenvalue weighted by Gasteiger charge is -2.30. The Bertz CT molecular complexity index is 1490. The largest absolute Gasteiger partial charge is 0.461 e. The number of carbonyl (C=O) groups excluding carboxylic acids is 2.